The van der Waals surface area contributed by atoms with Gasteiger partial charge in [-0.2, -0.15) is 0 Å². The first kappa shape index (κ1) is 20.2. The zero-order valence-corrected chi connectivity index (χ0v) is 17.7. The van der Waals surface area contributed by atoms with E-state index in [4.69, 9.17) is 0 Å². The molecular formula is C23H39N3O2. The number of hydrogen-bond donors (Lipinski definition) is 0. The lowest BCUT2D eigenvalue weighted by molar-refractivity contribution is -0.141. The van der Waals surface area contributed by atoms with Crippen LogP contribution in [0.2, 0.25) is 0 Å². The largest absolute Gasteiger partial charge is 0.341 e. The molecule has 0 aromatic heterocycles. The van der Waals surface area contributed by atoms with Crippen molar-refractivity contribution in [3.63, 3.8) is 0 Å². The number of carbonyl (C=O) groups is 2. The van der Waals surface area contributed by atoms with Crippen molar-refractivity contribution in [3.05, 3.63) is 0 Å². The van der Waals surface area contributed by atoms with Gasteiger partial charge in [-0.05, 0) is 57.5 Å². The van der Waals surface area contributed by atoms with E-state index in [2.05, 4.69) is 9.80 Å². The first-order chi connectivity index (χ1) is 13.6. The molecule has 0 bridgehead atoms. The quantitative estimate of drug-likeness (QED) is 0.725. The number of carbonyl (C=O) groups excluding carboxylic acids is 2. The van der Waals surface area contributed by atoms with Crippen molar-refractivity contribution >= 4 is 11.8 Å². The minimum Gasteiger partial charge on any atom is -0.341 e. The van der Waals surface area contributed by atoms with Gasteiger partial charge < -0.3 is 14.7 Å². The highest BCUT2D eigenvalue weighted by Crippen LogP contribution is 2.39. The summed E-state index contributed by atoms with van der Waals surface area (Å²) in [6.45, 7) is 6.53. The van der Waals surface area contributed by atoms with Crippen LogP contribution in [-0.2, 0) is 9.59 Å². The lowest BCUT2D eigenvalue weighted by atomic mass is 9.79. The van der Waals surface area contributed by atoms with Crippen LogP contribution in [0, 0.1) is 11.3 Å². The minimum atomic E-state index is 0.167. The van der Waals surface area contributed by atoms with E-state index in [1.54, 1.807) is 4.90 Å². The van der Waals surface area contributed by atoms with Crippen LogP contribution in [0.25, 0.3) is 0 Å². The number of amides is 2. The lowest BCUT2D eigenvalue weighted by Crippen LogP contribution is -2.47. The Balaban J connectivity index is 1.25. The third-order valence-corrected chi connectivity index (χ3v) is 7.86. The Kier molecular flexibility index (Phi) is 6.59. The van der Waals surface area contributed by atoms with Crippen LogP contribution >= 0.6 is 0 Å². The van der Waals surface area contributed by atoms with Gasteiger partial charge in [-0.25, -0.2) is 0 Å². The molecule has 3 heterocycles. The van der Waals surface area contributed by atoms with Gasteiger partial charge in [0.2, 0.25) is 11.8 Å². The molecule has 4 fully saturated rings. The van der Waals surface area contributed by atoms with Crippen LogP contribution in [0.3, 0.4) is 0 Å². The zero-order valence-electron chi connectivity index (χ0n) is 17.7. The summed E-state index contributed by atoms with van der Waals surface area (Å²) in [5, 5.41) is 0. The molecule has 0 N–H and O–H groups in total. The summed E-state index contributed by atoms with van der Waals surface area (Å²) < 4.78 is 0. The molecule has 2 amide bonds. The molecule has 1 aliphatic carbocycles. The van der Waals surface area contributed by atoms with Gasteiger partial charge >= 0.3 is 0 Å². The van der Waals surface area contributed by atoms with E-state index in [-0.39, 0.29) is 11.8 Å². The van der Waals surface area contributed by atoms with Crippen molar-refractivity contribution in [1.82, 2.24) is 14.7 Å². The molecule has 5 nitrogen and oxygen atoms in total. The summed E-state index contributed by atoms with van der Waals surface area (Å²) >= 11 is 0. The standard InChI is InChI=1S/C23H39N3O2/c27-21-9-4-5-14-25(21)17-22(28)26-16-12-23(19-26)11-6-13-24(18-23)15-10-20-7-2-1-3-8-20/h20H,1-19H2/t23-/m0/s1. The van der Waals surface area contributed by atoms with Crippen LogP contribution in [0.5, 0.6) is 0 Å². The summed E-state index contributed by atoms with van der Waals surface area (Å²) in [4.78, 5) is 31.4. The second-order valence-corrected chi connectivity index (χ2v) is 10.0. The fraction of sp³-hybridized carbons (Fsp3) is 0.913. The lowest BCUT2D eigenvalue weighted by Gasteiger charge is -2.41. The van der Waals surface area contributed by atoms with Gasteiger partial charge in [-0.3, -0.25) is 9.59 Å². The highest BCUT2D eigenvalue weighted by atomic mass is 16.2. The predicted octanol–water partition coefficient (Wildman–Crippen LogP) is 3.28. The van der Waals surface area contributed by atoms with Crippen molar-refractivity contribution < 1.29 is 9.59 Å². The van der Waals surface area contributed by atoms with Crippen molar-refractivity contribution in [3.8, 4) is 0 Å². The van der Waals surface area contributed by atoms with E-state index >= 15 is 0 Å². The molecule has 3 saturated heterocycles. The molecule has 1 spiro atoms. The highest BCUT2D eigenvalue weighted by molar-refractivity contribution is 5.85. The second kappa shape index (κ2) is 9.15. The fourth-order valence-corrected chi connectivity index (χ4v) is 6.12. The Morgan fingerprint density at radius 2 is 1.79 bits per heavy atom. The molecule has 0 unspecified atom stereocenters. The van der Waals surface area contributed by atoms with Crippen LogP contribution in [0.4, 0.5) is 0 Å². The van der Waals surface area contributed by atoms with Gasteiger partial charge in [0, 0.05) is 38.0 Å². The van der Waals surface area contributed by atoms with Gasteiger partial charge in [0.25, 0.3) is 0 Å². The average molecular weight is 390 g/mol. The Morgan fingerprint density at radius 3 is 2.61 bits per heavy atom. The molecule has 28 heavy (non-hydrogen) atoms. The molecule has 1 saturated carbocycles. The highest BCUT2D eigenvalue weighted by Gasteiger charge is 2.43. The number of piperidine rings is 2. The van der Waals surface area contributed by atoms with E-state index in [1.807, 2.05) is 0 Å². The van der Waals surface area contributed by atoms with Crippen LogP contribution < -0.4 is 0 Å². The maximum absolute atomic E-state index is 12.8. The number of hydrogen-bond acceptors (Lipinski definition) is 3. The van der Waals surface area contributed by atoms with Crippen LogP contribution in [0.1, 0.15) is 77.0 Å². The van der Waals surface area contributed by atoms with E-state index in [0.717, 1.165) is 44.8 Å². The van der Waals surface area contributed by atoms with Crippen molar-refractivity contribution in [1.29, 1.82) is 0 Å². The fourth-order valence-electron chi connectivity index (χ4n) is 6.12. The molecule has 1 atom stereocenters. The van der Waals surface area contributed by atoms with Gasteiger partial charge in [0.05, 0.1) is 6.54 Å². The van der Waals surface area contributed by atoms with Crippen LogP contribution in [-0.4, -0.2) is 72.3 Å². The Morgan fingerprint density at radius 1 is 0.929 bits per heavy atom. The minimum absolute atomic E-state index is 0.167. The van der Waals surface area contributed by atoms with Crippen LogP contribution in [0.15, 0.2) is 0 Å². The first-order valence-electron chi connectivity index (χ1n) is 11.9. The van der Waals surface area contributed by atoms with Gasteiger partial charge in [0.1, 0.15) is 0 Å². The maximum atomic E-state index is 12.8. The molecule has 0 aromatic carbocycles. The smallest absolute Gasteiger partial charge is 0.242 e. The van der Waals surface area contributed by atoms with Gasteiger partial charge in [0.15, 0.2) is 0 Å². The molecular weight excluding hydrogens is 350 g/mol. The Labute approximate surface area is 170 Å². The summed E-state index contributed by atoms with van der Waals surface area (Å²) in [5.74, 6) is 1.29. The molecule has 0 aromatic rings. The molecule has 3 aliphatic heterocycles. The monoisotopic (exact) mass is 389 g/mol. The first-order valence-corrected chi connectivity index (χ1v) is 11.9. The number of rotatable bonds is 5. The van der Waals surface area contributed by atoms with E-state index in [1.165, 1.54) is 71.0 Å². The maximum Gasteiger partial charge on any atom is 0.242 e. The number of nitrogens with zero attached hydrogens (tertiary/aromatic N) is 3. The third-order valence-electron chi connectivity index (χ3n) is 7.86. The number of likely N-dealkylation sites (tertiary alicyclic amines) is 3. The topological polar surface area (TPSA) is 43.9 Å². The second-order valence-electron chi connectivity index (χ2n) is 10.0. The normalized spacial score (nSPS) is 30.4. The molecule has 158 valence electrons. The van der Waals surface area contributed by atoms with Crippen molar-refractivity contribution in [2.24, 2.45) is 11.3 Å². The Bertz CT molecular complexity index is 560. The van der Waals surface area contributed by atoms with Crippen molar-refractivity contribution in [2.45, 2.75) is 77.0 Å². The summed E-state index contributed by atoms with van der Waals surface area (Å²) in [6.07, 6.45) is 14.9. The third kappa shape index (κ3) is 4.90. The van der Waals surface area contributed by atoms with E-state index in [9.17, 15) is 9.59 Å². The molecule has 0 radical (unpaired) electrons. The molecule has 4 rings (SSSR count). The summed E-state index contributed by atoms with van der Waals surface area (Å²) in [7, 11) is 0. The van der Waals surface area contributed by atoms with E-state index < -0.39 is 0 Å². The van der Waals surface area contributed by atoms with Crippen molar-refractivity contribution in [2.75, 3.05) is 45.8 Å². The Hall–Kier alpha value is -1.10. The van der Waals surface area contributed by atoms with Gasteiger partial charge in [-0.15, -0.1) is 0 Å². The zero-order chi connectivity index (χ0) is 19.4. The summed E-state index contributed by atoms with van der Waals surface area (Å²) in [6, 6.07) is 0. The van der Waals surface area contributed by atoms with E-state index in [0.29, 0.717) is 18.4 Å². The molecule has 5 heteroatoms. The van der Waals surface area contributed by atoms with Gasteiger partial charge in [-0.1, -0.05) is 32.1 Å². The average Bonchev–Trinajstić information content (AvgIpc) is 3.12. The SMILES string of the molecule is O=C1CCCCN1CC(=O)N1CC[C@]2(CCCN(CCC3CCCCC3)C2)C1. The summed E-state index contributed by atoms with van der Waals surface area (Å²) in [5.41, 5.74) is 0.312. The predicted molar refractivity (Wildman–Crippen MR) is 111 cm³/mol. The molecule has 4 aliphatic rings.